The molecule has 6 heteroatoms. The van der Waals surface area contributed by atoms with E-state index in [9.17, 15) is 9.90 Å². The van der Waals surface area contributed by atoms with E-state index in [0.717, 1.165) is 31.6 Å². The van der Waals surface area contributed by atoms with Crippen LogP contribution in [0.15, 0.2) is 0 Å². The summed E-state index contributed by atoms with van der Waals surface area (Å²) in [5.41, 5.74) is 0.217. The molecule has 0 aromatic rings. The third-order valence-electron chi connectivity index (χ3n) is 3.28. The average Bonchev–Trinajstić information content (AvgIpc) is 2.06. The molecule has 80 valence electrons. The predicted molar refractivity (Wildman–Crippen MR) is 50.5 cm³/mol. The highest BCUT2D eigenvalue weighted by molar-refractivity contribution is 7.92. The van der Waals surface area contributed by atoms with E-state index in [1.165, 1.54) is 0 Å². The Morgan fingerprint density at radius 1 is 1.64 bits per heavy atom. The molecule has 14 heavy (non-hydrogen) atoms. The lowest BCUT2D eigenvalue weighted by molar-refractivity contribution is -0.133. The van der Waals surface area contributed by atoms with Crippen LogP contribution in [0, 0.1) is 5.41 Å². The van der Waals surface area contributed by atoms with Crippen LogP contribution in [-0.2, 0) is 4.18 Å². The first-order valence-electron chi connectivity index (χ1n) is 4.56. The van der Waals surface area contributed by atoms with Crippen molar-refractivity contribution in [3.8, 4) is 0 Å². The van der Waals surface area contributed by atoms with Gasteiger partial charge in [-0.25, -0.2) is 9.10 Å². The van der Waals surface area contributed by atoms with Gasteiger partial charge in [-0.3, -0.25) is 0 Å². The Bertz CT molecular complexity index is 254. The third-order valence-corrected chi connectivity index (χ3v) is 4.13. The second-order valence-electron chi connectivity index (χ2n) is 4.10. The number of nitrogens with zero attached hydrogens (tertiary/aromatic N) is 1. The lowest BCUT2D eigenvalue weighted by Crippen LogP contribution is -2.67. The Kier molecular flexibility index (Phi) is 2.36. The fourth-order valence-electron chi connectivity index (χ4n) is 2.29. The highest BCUT2D eigenvalue weighted by atomic mass is 32.2. The van der Waals surface area contributed by atoms with Crippen LogP contribution in [0.3, 0.4) is 0 Å². The van der Waals surface area contributed by atoms with Gasteiger partial charge in [0.2, 0.25) is 0 Å². The minimum absolute atomic E-state index is 0.162. The summed E-state index contributed by atoms with van der Waals surface area (Å²) in [5.74, 6) is 0. The Morgan fingerprint density at radius 3 is 2.71 bits per heavy atom. The van der Waals surface area contributed by atoms with Crippen molar-refractivity contribution in [3.05, 3.63) is 0 Å². The summed E-state index contributed by atoms with van der Waals surface area (Å²) in [6.45, 7) is 2.84. The maximum Gasteiger partial charge on any atom is 0.519 e. The highest BCUT2D eigenvalue weighted by Crippen LogP contribution is 2.55. The molecule has 1 unspecified atom stereocenters. The minimum atomic E-state index is -1.27. The maximum atomic E-state index is 10.1. The molecule has 1 spiro atoms. The van der Waals surface area contributed by atoms with Crippen molar-refractivity contribution in [3.63, 3.8) is 0 Å². The first-order valence-corrected chi connectivity index (χ1v) is 5.26. The van der Waals surface area contributed by atoms with Crippen molar-refractivity contribution in [2.24, 2.45) is 5.41 Å². The summed E-state index contributed by atoms with van der Waals surface area (Å²) in [5, 5.41) is 17.5. The van der Waals surface area contributed by atoms with E-state index in [1.807, 2.05) is 11.2 Å². The van der Waals surface area contributed by atoms with Crippen LogP contribution in [-0.4, -0.2) is 39.4 Å². The lowest BCUT2D eigenvalue weighted by Gasteiger charge is -2.61. The van der Waals surface area contributed by atoms with Crippen molar-refractivity contribution in [1.82, 2.24) is 4.31 Å². The van der Waals surface area contributed by atoms with E-state index in [4.69, 9.17) is 5.11 Å². The van der Waals surface area contributed by atoms with Gasteiger partial charge in [0.15, 0.2) is 12.2 Å². The third kappa shape index (κ3) is 1.47. The second kappa shape index (κ2) is 3.29. The van der Waals surface area contributed by atoms with E-state index >= 15 is 0 Å². The number of aliphatic hydroxyl groups is 1. The van der Waals surface area contributed by atoms with E-state index in [1.54, 1.807) is 0 Å². The molecule has 1 aliphatic carbocycles. The van der Waals surface area contributed by atoms with Crippen molar-refractivity contribution < 1.29 is 19.2 Å². The normalized spacial score (nSPS) is 41.6. The molecule has 0 bridgehead atoms. The summed E-state index contributed by atoms with van der Waals surface area (Å²) >= 11 is 0.884. The van der Waals surface area contributed by atoms with E-state index in [-0.39, 0.29) is 17.6 Å². The fourth-order valence-corrected chi connectivity index (χ4v) is 3.11. The van der Waals surface area contributed by atoms with Crippen molar-refractivity contribution >= 4 is 18.4 Å². The van der Waals surface area contributed by atoms with Crippen LogP contribution in [0.5, 0.6) is 0 Å². The predicted octanol–water partition coefficient (Wildman–Crippen LogP) is 1.09. The summed E-state index contributed by atoms with van der Waals surface area (Å²) in [7, 11) is 0. The molecule has 5 nitrogen and oxygen atoms in total. The summed E-state index contributed by atoms with van der Waals surface area (Å²) < 4.78 is 6.29. The highest BCUT2D eigenvalue weighted by Gasteiger charge is 2.58. The smallest absolute Gasteiger partial charge is 0.449 e. The number of hydrogen-bond donors (Lipinski definition) is 2. The van der Waals surface area contributed by atoms with Crippen LogP contribution in [0.2, 0.25) is 0 Å². The number of rotatable bonds is 2. The quantitative estimate of drug-likeness (QED) is 0.535. The van der Waals surface area contributed by atoms with Crippen molar-refractivity contribution in [2.75, 3.05) is 6.54 Å². The van der Waals surface area contributed by atoms with Crippen LogP contribution in [0.4, 0.5) is 4.79 Å². The van der Waals surface area contributed by atoms with Gasteiger partial charge in [0, 0.05) is 18.0 Å². The van der Waals surface area contributed by atoms with Gasteiger partial charge >= 0.3 is 6.16 Å². The standard InChI is InChI=1S/C8H13NO4S/c1-5-8(2-6(10)3-8)4-9(5)14-13-7(11)12/h5-6,10H,2-4H2,1H3,(H,11,12). The topological polar surface area (TPSA) is 70.0 Å². The van der Waals surface area contributed by atoms with Gasteiger partial charge in [0.25, 0.3) is 0 Å². The molecule has 0 radical (unpaired) electrons. The molecule has 1 aliphatic heterocycles. The van der Waals surface area contributed by atoms with Gasteiger partial charge in [-0.05, 0) is 19.8 Å². The molecule has 1 atom stereocenters. The lowest BCUT2D eigenvalue weighted by atomic mass is 9.58. The summed E-state index contributed by atoms with van der Waals surface area (Å²) in [6, 6.07) is 0.287. The minimum Gasteiger partial charge on any atom is -0.449 e. The molecule has 1 saturated carbocycles. The van der Waals surface area contributed by atoms with Crippen molar-refractivity contribution in [1.29, 1.82) is 0 Å². The summed E-state index contributed by atoms with van der Waals surface area (Å²) in [6.07, 6.45) is 0.234. The summed E-state index contributed by atoms with van der Waals surface area (Å²) in [4.78, 5) is 10.1. The molecule has 1 heterocycles. The Morgan fingerprint density at radius 2 is 2.29 bits per heavy atom. The van der Waals surface area contributed by atoms with Gasteiger partial charge in [0.1, 0.15) is 0 Å². The zero-order chi connectivity index (χ0) is 10.3. The van der Waals surface area contributed by atoms with E-state index in [0.29, 0.717) is 0 Å². The average molecular weight is 219 g/mol. The second-order valence-corrected chi connectivity index (χ2v) is 4.88. The van der Waals surface area contributed by atoms with Gasteiger partial charge in [-0.15, -0.1) is 0 Å². The first kappa shape index (κ1) is 10.1. The Balaban J connectivity index is 1.77. The first-order chi connectivity index (χ1) is 6.53. The van der Waals surface area contributed by atoms with Gasteiger partial charge < -0.3 is 14.4 Å². The SMILES string of the molecule is CC1N(SOC(=O)O)CC12CC(O)C2. The molecule has 0 aromatic heterocycles. The van der Waals surface area contributed by atoms with Crippen LogP contribution < -0.4 is 0 Å². The largest absolute Gasteiger partial charge is 0.519 e. The molecule has 2 fully saturated rings. The van der Waals surface area contributed by atoms with Gasteiger partial charge in [0.05, 0.1) is 6.10 Å². The molecule has 0 amide bonds. The number of aliphatic hydroxyl groups excluding tert-OH is 1. The van der Waals surface area contributed by atoms with E-state index in [2.05, 4.69) is 4.18 Å². The monoisotopic (exact) mass is 219 g/mol. The zero-order valence-electron chi connectivity index (χ0n) is 7.84. The van der Waals surface area contributed by atoms with E-state index < -0.39 is 6.16 Å². The number of carboxylic acid groups (broad SMARTS) is 1. The zero-order valence-corrected chi connectivity index (χ0v) is 8.66. The number of hydrogen-bond acceptors (Lipinski definition) is 5. The fraction of sp³-hybridized carbons (Fsp3) is 0.875. The van der Waals surface area contributed by atoms with Crippen molar-refractivity contribution in [2.45, 2.75) is 31.9 Å². The molecule has 2 aliphatic rings. The Hall–Kier alpha value is -0.460. The molecule has 0 aromatic carbocycles. The molecular formula is C8H13NO4S. The molecule has 2 rings (SSSR count). The van der Waals surface area contributed by atoms with Crippen LogP contribution >= 0.6 is 12.2 Å². The van der Waals surface area contributed by atoms with Crippen LogP contribution in [0.25, 0.3) is 0 Å². The van der Waals surface area contributed by atoms with Gasteiger partial charge in [-0.2, -0.15) is 0 Å². The molecule has 1 saturated heterocycles. The van der Waals surface area contributed by atoms with Crippen LogP contribution in [0.1, 0.15) is 19.8 Å². The number of carbonyl (C=O) groups is 1. The van der Waals surface area contributed by atoms with Gasteiger partial charge in [-0.1, -0.05) is 0 Å². The Labute approximate surface area is 86.4 Å². The molecular weight excluding hydrogens is 206 g/mol. The molecule has 2 N–H and O–H groups in total. The maximum absolute atomic E-state index is 10.1.